The zero-order chi connectivity index (χ0) is 0. The molecule has 0 fully saturated rings. The molecule has 0 N–H and O–H groups in total. The molecule has 0 aromatic rings. The monoisotopic (exact) mass is 364 g/mol. The summed E-state index contributed by atoms with van der Waals surface area (Å²) in [6, 6.07) is 0. The van der Waals surface area contributed by atoms with Crippen LogP contribution in [-0.2, 0) is 74.6 Å². The van der Waals surface area contributed by atoms with E-state index in [1.165, 1.54) is 0 Å². The van der Waals surface area contributed by atoms with Gasteiger partial charge in [0.05, 0.1) is 0 Å². The first-order chi connectivity index (χ1) is 0. The molecule has 0 aliphatic carbocycles. The molecule has 0 aromatic carbocycles. The molecular formula is H6As2Fe2S3. The van der Waals surface area contributed by atoms with Gasteiger partial charge in [-0.05, 0) is 0 Å². The van der Waals surface area contributed by atoms with Gasteiger partial charge in [0, 0.05) is 0 Å². The van der Waals surface area contributed by atoms with Gasteiger partial charge in [0.1, 0.15) is 0 Å². The smallest absolute Gasteiger partial charge is 2.00 e. The summed E-state index contributed by atoms with van der Waals surface area (Å²) in [6.07, 6.45) is 0. The molecular weight excluding hydrogens is 358 g/mol. The van der Waals surface area contributed by atoms with Gasteiger partial charge in [-0.1, -0.05) is 0 Å². The van der Waals surface area contributed by atoms with Gasteiger partial charge in [-0.15, -0.1) is 0 Å². The Bertz CT molecular complexity index is 10.9. The van der Waals surface area contributed by atoms with Gasteiger partial charge >= 0.3 is 70.0 Å². The molecule has 0 aliphatic rings. The molecule has 7 heteroatoms. The Morgan fingerprint density at radius 3 is 0.429 bits per heavy atom. The predicted molar refractivity (Wildman–Crippen MR) is 42.0 cm³/mol. The third kappa shape index (κ3) is 46.5. The molecule has 0 heterocycles. The van der Waals surface area contributed by atoms with Crippen LogP contribution in [0.1, 0.15) is 0 Å². The van der Waals surface area contributed by atoms with Crippen LogP contribution in [0, 0.1) is 0 Å². The van der Waals surface area contributed by atoms with Crippen LogP contribution in [0.5, 0.6) is 0 Å². The normalized spacial score (nSPS) is 0. The van der Waals surface area contributed by atoms with Gasteiger partial charge in [-0.2, -0.15) is 0 Å². The van der Waals surface area contributed by atoms with Gasteiger partial charge in [0.15, 0.2) is 0 Å². The first kappa shape index (κ1) is 84.2. The largest absolute Gasteiger partial charge is 3.00 e. The van der Waals surface area contributed by atoms with Crippen LogP contribution in [0.25, 0.3) is 0 Å². The number of hydrogen-bond donors (Lipinski definition) is 0. The molecule has 50 valence electrons. The SMILES string of the molecule is [AsH3].[AsH3].[Fe+3].[Fe+3].[S-2].[S-2].[S-2]. The van der Waals surface area contributed by atoms with Crippen molar-refractivity contribution >= 4 is 76.4 Å². The van der Waals surface area contributed by atoms with Crippen LogP contribution in [0.4, 0.5) is 0 Å². The molecule has 0 amide bonds. The first-order valence-corrected chi connectivity index (χ1v) is 0. The molecule has 0 aromatic heterocycles. The second-order valence-corrected chi connectivity index (χ2v) is 0. The summed E-state index contributed by atoms with van der Waals surface area (Å²) in [6.45, 7) is 0. The Kier molecular flexibility index (Phi) is 725. The van der Waals surface area contributed by atoms with Crippen molar-refractivity contribution in [1.82, 2.24) is 0 Å². The standard InChI is InChI=1S/2AsH3.2Fe.3S/h2*1H3;;;;;/q;;2*+3;3*-2. The maximum absolute atomic E-state index is 0. The van der Waals surface area contributed by atoms with Gasteiger partial charge in [0.25, 0.3) is 0 Å². The van der Waals surface area contributed by atoms with E-state index in [0.29, 0.717) is 0 Å². The average molecular weight is 364 g/mol. The fraction of sp³-hybridized carbons (Fsp3) is 0. The van der Waals surface area contributed by atoms with E-state index in [1.807, 2.05) is 0 Å². The Labute approximate surface area is 109 Å². The summed E-state index contributed by atoms with van der Waals surface area (Å²) in [4.78, 5) is 0. The predicted octanol–water partition coefficient (Wildman–Crippen LogP) is -2.38. The van der Waals surface area contributed by atoms with Crippen molar-refractivity contribution in [3.05, 3.63) is 0 Å². The summed E-state index contributed by atoms with van der Waals surface area (Å²) in [5.74, 6) is 0. The number of rotatable bonds is 0. The van der Waals surface area contributed by atoms with Crippen LogP contribution < -0.4 is 0 Å². The molecule has 0 saturated heterocycles. The quantitative estimate of drug-likeness (QED) is 0.422. The zero-order valence-electron chi connectivity index (χ0n) is 3.35. The minimum atomic E-state index is 0. The summed E-state index contributed by atoms with van der Waals surface area (Å²) >= 11 is 0. The Hall–Kier alpha value is 3.21. The van der Waals surface area contributed by atoms with Crippen LogP contribution in [0.3, 0.4) is 0 Å². The summed E-state index contributed by atoms with van der Waals surface area (Å²) in [5, 5.41) is 0. The molecule has 2 unspecified atom stereocenters. The maximum Gasteiger partial charge on any atom is 3.00 e. The number of hydrogen-bond acceptors (Lipinski definition) is 0. The van der Waals surface area contributed by atoms with E-state index >= 15 is 0 Å². The second-order valence-electron chi connectivity index (χ2n) is 0. The minimum Gasteiger partial charge on any atom is -2.00 e. The van der Waals surface area contributed by atoms with Crippen molar-refractivity contribution < 1.29 is 34.1 Å². The molecule has 0 spiro atoms. The van der Waals surface area contributed by atoms with E-state index in [4.69, 9.17) is 0 Å². The van der Waals surface area contributed by atoms with Gasteiger partial charge in [-0.25, -0.2) is 0 Å². The van der Waals surface area contributed by atoms with Crippen molar-refractivity contribution in [3.8, 4) is 0 Å². The zero-order valence-corrected chi connectivity index (χ0v) is 13.9. The molecule has 0 nitrogen and oxygen atoms in total. The fourth-order valence-electron chi connectivity index (χ4n) is 0. The Morgan fingerprint density at radius 1 is 0.429 bits per heavy atom. The van der Waals surface area contributed by atoms with Crippen LogP contribution in [-0.4, -0.2) is 35.9 Å². The first-order valence-electron chi connectivity index (χ1n) is 0. The molecule has 2 atom stereocenters. The minimum absolute atomic E-state index is 0. The van der Waals surface area contributed by atoms with E-state index in [9.17, 15) is 0 Å². The van der Waals surface area contributed by atoms with Gasteiger partial charge in [0.2, 0.25) is 0 Å². The molecule has 0 bridgehead atoms. The third-order valence-corrected chi connectivity index (χ3v) is 0. The van der Waals surface area contributed by atoms with Crippen LogP contribution in [0.15, 0.2) is 0 Å². The Morgan fingerprint density at radius 2 is 0.429 bits per heavy atom. The molecule has 0 rings (SSSR count). The molecule has 0 saturated carbocycles. The molecule has 7 heavy (non-hydrogen) atoms. The second kappa shape index (κ2) is 60.3. The topological polar surface area (TPSA) is 0 Å². The molecule has 2 radical (unpaired) electrons. The van der Waals surface area contributed by atoms with Crippen molar-refractivity contribution in [3.63, 3.8) is 0 Å². The fourth-order valence-corrected chi connectivity index (χ4v) is 0. The van der Waals surface area contributed by atoms with Crippen molar-refractivity contribution in [2.75, 3.05) is 0 Å². The van der Waals surface area contributed by atoms with Crippen molar-refractivity contribution in [2.24, 2.45) is 0 Å². The van der Waals surface area contributed by atoms with E-state index in [1.54, 1.807) is 0 Å². The Balaban J connectivity index is 0. The van der Waals surface area contributed by atoms with Crippen molar-refractivity contribution in [2.45, 2.75) is 0 Å². The van der Waals surface area contributed by atoms with E-state index < -0.39 is 0 Å². The third-order valence-electron chi connectivity index (χ3n) is 0. The summed E-state index contributed by atoms with van der Waals surface area (Å²) in [5.41, 5.74) is 0. The van der Waals surface area contributed by atoms with Crippen LogP contribution >= 0.6 is 0 Å². The van der Waals surface area contributed by atoms with Crippen molar-refractivity contribution in [1.29, 1.82) is 0 Å². The summed E-state index contributed by atoms with van der Waals surface area (Å²) < 4.78 is 0. The van der Waals surface area contributed by atoms with Crippen LogP contribution in [0.2, 0.25) is 0 Å². The van der Waals surface area contributed by atoms with Gasteiger partial charge in [-0.3, -0.25) is 0 Å². The molecule has 0 aliphatic heterocycles. The van der Waals surface area contributed by atoms with E-state index in [-0.39, 0.29) is 111 Å². The van der Waals surface area contributed by atoms with E-state index in [0.717, 1.165) is 0 Å². The average Bonchev–Trinajstić information content (AvgIpc) is 0. The van der Waals surface area contributed by atoms with Gasteiger partial charge < -0.3 is 40.5 Å². The maximum atomic E-state index is 0. The van der Waals surface area contributed by atoms with E-state index in [2.05, 4.69) is 0 Å². The summed E-state index contributed by atoms with van der Waals surface area (Å²) in [7, 11) is 0.